The van der Waals surface area contributed by atoms with Crippen molar-refractivity contribution in [2.24, 2.45) is 16.4 Å². The molecule has 0 radical (unpaired) electrons. The molecule has 0 spiro atoms. The molecule has 2 aliphatic rings. The molecule has 0 aromatic heterocycles. The fourth-order valence-corrected chi connectivity index (χ4v) is 3.61. The number of alkyl halides is 2. The molecule has 0 bridgehead atoms. The molecule has 1 aromatic rings. The van der Waals surface area contributed by atoms with Crippen LogP contribution in [0.25, 0.3) is 0 Å². The van der Waals surface area contributed by atoms with Gasteiger partial charge in [0.15, 0.2) is 5.41 Å². The predicted molar refractivity (Wildman–Crippen MR) is 90.5 cm³/mol. The van der Waals surface area contributed by atoms with E-state index >= 15 is 0 Å². The average molecular weight is 335 g/mol. The van der Waals surface area contributed by atoms with E-state index in [0.29, 0.717) is 11.6 Å². The summed E-state index contributed by atoms with van der Waals surface area (Å²) < 4.78 is 27.2. The molecule has 1 aromatic carbocycles. The average Bonchev–Trinajstić information content (AvgIpc) is 3.01. The molecule has 2 unspecified atom stereocenters. The van der Waals surface area contributed by atoms with Crippen LogP contribution in [0.2, 0.25) is 0 Å². The molecule has 0 saturated heterocycles. The van der Waals surface area contributed by atoms with E-state index < -0.39 is 17.7 Å². The first-order chi connectivity index (χ1) is 11.2. The maximum atomic E-state index is 13.6. The fraction of sp³-hybridized carbons (Fsp3) is 0.556. The minimum atomic E-state index is -2.81. The predicted octanol–water partition coefficient (Wildman–Crippen LogP) is 3.28. The Morgan fingerprint density at radius 3 is 2.71 bits per heavy atom. The Morgan fingerprint density at radius 2 is 2.12 bits per heavy atom. The molecule has 130 valence electrons. The number of hydrazone groups is 1. The highest BCUT2D eigenvalue weighted by Gasteiger charge is 2.50. The molecule has 1 heterocycles. The van der Waals surface area contributed by atoms with Gasteiger partial charge in [0.1, 0.15) is 0 Å². The van der Waals surface area contributed by atoms with Crippen LogP contribution in [0.3, 0.4) is 0 Å². The molecule has 1 aliphatic heterocycles. The van der Waals surface area contributed by atoms with Crippen molar-refractivity contribution in [3.05, 3.63) is 29.3 Å². The summed E-state index contributed by atoms with van der Waals surface area (Å²) in [7, 11) is 1.58. The lowest BCUT2D eigenvalue weighted by Crippen LogP contribution is -2.46. The molecule has 1 aliphatic carbocycles. The number of amides is 1. The lowest BCUT2D eigenvalue weighted by molar-refractivity contribution is -0.128. The first-order valence-corrected chi connectivity index (χ1v) is 8.16. The fourth-order valence-electron chi connectivity index (χ4n) is 3.61. The van der Waals surface area contributed by atoms with Gasteiger partial charge in [-0.1, -0.05) is 32.9 Å². The quantitative estimate of drug-likeness (QED) is 0.921. The zero-order chi connectivity index (χ0) is 17.7. The van der Waals surface area contributed by atoms with Gasteiger partial charge in [-0.3, -0.25) is 9.80 Å². The van der Waals surface area contributed by atoms with Crippen molar-refractivity contribution in [1.29, 1.82) is 0 Å². The van der Waals surface area contributed by atoms with E-state index in [9.17, 15) is 13.6 Å². The number of nitrogens with zero attached hydrogens (tertiary/aromatic N) is 2. The Kier molecular flexibility index (Phi) is 3.89. The van der Waals surface area contributed by atoms with Crippen LogP contribution >= 0.6 is 0 Å². The van der Waals surface area contributed by atoms with Gasteiger partial charge in [0.25, 0.3) is 6.43 Å². The standard InChI is InChI=1S/C18H23F2N3O/c1-11-8-12-13(17(11,2)3)6-5-7-14(12)22-16(24)18(15(19)20)9-21-23(4)10-18/h5-7,9,11,15H,8,10H2,1-4H3,(H,22,24). The molecule has 1 amide bonds. The van der Waals surface area contributed by atoms with Crippen LogP contribution in [0.5, 0.6) is 0 Å². The molecule has 2 atom stereocenters. The van der Waals surface area contributed by atoms with E-state index in [2.05, 4.69) is 37.3 Å². The van der Waals surface area contributed by atoms with E-state index in [1.807, 2.05) is 6.07 Å². The van der Waals surface area contributed by atoms with Gasteiger partial charge in [-0.15, -0.1) is 0 Å². The summed E-state index contributed by atoms with van der Waals surface area (Å²) in [4.78, 5) is 12.7. The molecule has 4 nitrogen and oxygen atoms in total. The van der Waals surface area contributed by atoms with Crippen LogP contribution in [0, 0.1) is 11.3 Å². The highest BCUT2D eigenvalue weighted by molar-refractivity contribution is 6.07. The minimum Gasteiger partial charge on any atom is -0.325 e. The molecule has 0 saturated carbocycles. The summed E-state index contributed by atoms with van der Waals surface area (Å²) >= 11 is 0. The van der Waals surface area contributed by atoms with E-state index in [4.69, 9.17) is 0 Å². The lowest BCUT2D eigenvalue weighted by atomic mass is 9.80. The summed E-state index contributed by atoms with van der Waals surface area (Å²) in [6.07, 6.45) is -0.907. The van der Waals surface area contributed by atoms with E-state index in [0.717, 1.165) is 18.2 Å². The smallest absolute Gasteiger partial charge is 0.259 e. The second kappa shape index (κ2) is 5.53. The lowest BCUT2D eigenvalue weighted by Gasteiger charge is -2.26. The summed E-state index contributed by atoms with van der Waals surface area (Å²) in [6.45, 7) is 6.40. The third kappa shape index (κ3) is 2.39. The van der Waals surface area contributed by atoms with E-state index in [-0.39, 0.29) is 12.0 Å². The SMILES string of the molecule is CC1Cc2c(NC(=O)C3(C(F)F)C=NN(C)C3)cccc2C1(C)C. The Labute approximate surface area is 140 Å². The van der Waals surface area contributed by atoms with E-state index in [1.54, 1.807) is 13.1 Å². The topological polar surface area (TPSA) is 44.7 Å². The summed E-state index contributed by atoms with van der Waals surface area (Å²) in [5, 5.41) is 7.96. The van der Waals surface area contributed by atoms with Crippen LogP contribution in [0.15, 0.2) is 23.3 Å². The van der Waals surface area contributed by atoms with Gasteiger partial charge in [0.2, 0.25) is 5.91 Å². The van der Waals surface area contributed by atoms with Gasteiger partial charge in [0.05, 0.1) is 6.54 Å². The number of carbonyl (C=O) groups excluding carboxylic acids is 1. The van der Waals surface area contributed by atoms with Crippen molar-refractivity contribution in [1.82, 2.24) is 5.01 Å². The Hall–Kier alpha value is -1.98. The number of nitrogens with one attached hydrogen (secondary N) is 1. The van der Waals surface area contributed by atoms with Crippen molar-refractivity contribution in [3.8, 4) is 0 Å². The van der Waals surface area contributed by atoms with Crippen molar-refractivity contribution in [3.63, 3.8) is 0 Å². The Balaban J connectivity index is 1.92. The zero-order valence-corrected chi connectivity index (χ0v) is 14.4. The molecule has 6 heteroatoms. The number of carbonyl (C=O) groups is 1. The highest BCUT2D eigenvalue weighted by Crippen LogP contribution is 2.45. The molecule has 0 fully saturated rings. The van der Waals surface area contributed by atoms with Crippen molar-refractivity contribution < 1.29 is 13.6 Å². The van der Waals surface area contributed by atoms with Gasteiger partial charge in [-0.2, -0.15) is 5.10 Å². The molecule has 1 N–H and O–H groups in total. The first kappa shape index (κ1) is 16.9. The monoisotopic (exact) mass is 335 g/mol. The minimum absolute atomic E-state index is 0.00546. The maximum absolute atomic E-state index is 13.6. The summed E-state index contributed by atoms with van der Waals surface area (Å²) in [5.74, 6) is -0.273. The molecular weight excluding hydrogens is 312 g/mol. The van der Waals surface area contributed by atoms with Gasteiger partial charge in [0, 0.05) is 18.9 Å². The van der Waals surface area contributed by atoms with Gasteiger partial charge < -0.3 is 5.32 Å². The van der Waals surface area contributed by atoms with Crippen LogP contribution in [-0.2, 0) is 16.6 Å². The van der Waals surface area contributed by atoms with Gasteiger partial charge in [-0.25, -0.2) is 8.78 Å². The van der Waals surface area contributed by atoms with Crippen LogP contribution in [0.4, 0.5) is 14.5 Å². The Morgan fingerprint density at radius 1 is 1.42 bits per heavy atom. The Bertz CT molecular complexity index is 702. The number of anilines is 1. The molecule has 24 heavy (non-hydrogen) atoms. The largest absolute Gasteiger partial charge is 0.325 e. The number of fused-ring (bicyclic) bond motifs is 1. The van der Waals surface area contributed by atoms with Crippen molar-refractivity contribution >= 4 is 17.8 Å². The number of benzene rings is 1. The van der Waals surface area contributed by atoms with Gasteiger partial charge >= 0.3 is 0 Å². The summed E-state index contributed by atoms with van der Waals surface area (Å²) in [6, 6.07) is 5.72. The number of hydrogen-bond acceptors (Lipinski definition) is 3. The molecule has 3 rings (SSSR count). The third-order valence-electron chi connectivity index (χ3n) is 5.65. The molecular formula is C18H23F2N3O. The second-order valence-corrected chi connectivity index (χ2v) is 7.51. The number of halogens is 2. The van der Waals surface area contributed by atoms with Gasteiger partial charge in [-0.05, 0) is 34.9 Å². The first-order valence-electron chi connectivity index (χ1n) is 8.16. The third-order valence-corrected chi connectivity index (χ3v) is 5.65. The van der Waals surface area contributed by atoms with Crippen LogP contribution in [-0.4, -0.2) is 37.1 Å². The second-order valence-electron chi connectivity index (χ2n) is 7.51. The van der Waals surface area contributed by atoms with Crippen molar-refractivity contribution in [2.75, 3.05) is 18.9 Å². The number of rotatable bonds is 3. The van der Waals surface area contributed by atoms with Crippen molar-refractivity contribution in [2.45, 2.75) is 39.0 Å². The van der Waals surface area contributed by atoms with E-state index in [1.165, 1.54) is 10.6 Å². The van der Waals surface area contributed by atoms with Crippen LogP contribution < -0.4 is 5.32 Å². The zero-order valence-electron chi connectivity index (χ0n) is 14.4. The normalized spacial score (nSPS) is 27.6. The highest BCUT2D eigenvalue weighted by atomic mass is 19.3. The van der Waals surface area contributed by atoms with Crippen LogP contribution in [0.1, 0.15) is 31.9 Å². The number of hydrogen-bond donors (Lipinski definition) is 1. The maximum Gasteiger partial charge on any atom is 0.259 e. The summed E-state index contributed by atoms with van der Waals surface area (Å²) in [5.41, 5.74) is 0.980.